The maximum absolute atomic E-state index is 11.3. The number of aliphatic carboxylic acids is 1. The molecule has 4 heteroatoms. The zero-order valence-electron chi connectivity index (χ0n) is 16.7. The van der Waals surface area contributed by atoms with E-state index in [1.165, 1.54) is 16.7 Å². The lowest BCUT2D eigenvalue weighted by Crippen LogP contribution is -2.39. The van der Waals surface area contributed by atoms with Gasteiger partial charge in [0.2, 0.25) is 0 Å². The molecule has 1 aliphatic rings. The van der Waals surface area contributed by atoms with Crippen molar-refractivity contribution in [2.45, 2.75) is 25.8 Å². The molecule has 0 amide bonds. The fourth-order valence-corrected chi connectivity index (χ4v) is 4.10. The maximum atomic E-state index is 11.3. The molecular weight excluding hydrogens is 360 g/mol. The second-order valence-electron chi connectivity index (χ2n) is 7.80. The summed E-state index contributed by atoms with van der Waals surface area (Å²) in [5.41, 5.74) is 5.73. The third-order valence-corrected chi connectivity index (χ3v) is 5.79. The number of hydrogen-bond donors (Lipinski definition) is 1. The van der Waals surface area contributed by atoms with Gasteiger partial charge < -0.3 is 5.11 Å². The fraction of sp³-hybridized carbons (Fsp3) is 0.280. The largest absolute Gasteiger partial charge is 0.481 e. The molecule has 0 spiro atoms. The third kappa shape index (κ3) is 4.38. The lowest BCUT2D eigenvalue weighted by atomic mass is 9.92. The third-order valence-electron chi connectivity index (χ3n) is 5.79. The van der Waals surface area contributed by atoms with Crippen LogP contribution >= 0.6 is 0 Å². The number of carboxylic acids is 1. The zero-order chi connectivity index (χ0) is 20.2. The summed E-state index contributed by atoms with van der Waals surface area (Å²) in [5, 5.41) is 9.34. The molecule has 0 bridgehead atoms. The topological polar surface area (TPSA) is 53.4 Å². The van der Waals surface area contributed by atoms with E-state index in [-0.39, 0.29) is 12.0 Å². The summed E-state index contributed by atoms with van der Waals surface area (Å²) in [5.74, 6) is -0.916. The number of pyridine rings is 1. The molecule has 29 heavy (non-hydrogen) atoms. The number of benzene rings is 2. The molecule has 0 radical (unpaired) electrons. The van der Waals surface area contributed by atoms with Gasteiger partial charge in [-0.05, 0) is 61.2 Å². The number of hydrogen-bond acceptors (Lipinski definition) is 3. The molecule has 1 aromatic heterocycles. The Kier molecular flexibility index (Phi) is 5.72. The Balaban J connectivity index is 1.63. The van der Waals surface area contributed by atoms with Gasteiger partial charge in [-0.1, -0.05) is 60.7 Å². The van der Waals surface area contributed by atoms with Crippen LogP contribution in [0.2, 0.25) is 0 Å². The van der Waals surface area contributed by atoms with Crippen molar-refractivity contribution in [3.63, 3.8) is 0 Å². The molecular formula is C25H26N2O2. The smallest absolute Gasteiger partial charge is 0.306 e. The van der Waals surface area contributed by atoms with Gasteiger partial charge in [0.15, 0.2) is 0 Å². The van der Waals surface area contributed by atoms with Crippen LogP contribution in [0, 0.1) is 12.8 Å². The first-order valence-electron chi connectivity index (χ1n) is 10.2. The van der Waals surface area contributed by atoms with Gasteiger partial charge in [-0.2, -0.15) is 0 Å². The van der Waals surface area contributed by atoms with Crippen molar-refractivity contribution in [2.75, 3.05) is 13.1 Å². The fourth-order valence-electron chi connectivity index (χ4n) is 4.10. The van der Waals surface area contributed by atoms with Crippen LogP contribution in [0.25, 0.3) is 11.1 Å². The zero-order valence-corrected chi connectivity index (χ0v) is 16.7. The van der Waals surface area contributed by atoms with E-state index in [1.807, 2.05) is 19.2 Å². The van der Waals surface area contributed by atoms with Crippen LogP contribution < -0.4 is 0 Å². The number of piperidine rings is 1. The Morgan fingerprint density at radius 3 is 2.21 bits per heavy atom. The molecule has 4 nitrogen and oxygen atoms in total. The quantitative estimate of drug-likeness (QED) is 0.675. The lowest BCUT2D eigenvalue weighted by Gasteiger charge is -2.36. The average Bonchev–Trinajstić information content (AvgIpc) is 2.77. The Hall–Kier alpha value is -2.98. The monoisotopic (exact) mass is 386 g/mol. The van der Waals surface area contributed by atoms with E-state index < -0.39 is 5.97 Å². The lowest BCUT2D eigenvalue weighted by molar-refractivity contribution is -0.143. The van der Waals surface area contributed by atoms with Gasteiger partial charge in [-0.25, -0.2) is 0 Å². The number of nitrogens with zero attached hydrogens (tertiary/aromatic N) is 2. The Morgan fingerprint density at radius 2 is 1.62 bits per heavy atom. The highest BCUT2D eigenvalue weighted by Gasteiger charge is 2.30. The standard InChI is InChI=1S/C25H26N2O2/c1-18-7-12-23(26-17-18)24(27-15-13-22(14-16-27)25(28)29)21-10-8-20(9-11-21)19-5-3-2-4-6-19/h2-12,17,22,24H,13-16H2,1H3,(H,28,29). The Labute approximate surface area is 171 Å². The molecule has 1 saturated heterocycles. The van der Waals surface area contributed by atoms with Crippen LogP contribution in [-0.4, -0.2) is 34.0 Å². The highest BCUT2D eigenvalue weighted by molar-refractivity contribution is 5.70. The molecule has 3 aromatic rings. The molecule has 0 aliphatic carbocycles. The molecule has 1 aliphatic heterocycles. The Bertz CT molecular complexity index is 944. The minimum absolute atomic E-state index is 0.0372. The van der Waals surface area contributed by atoms with Crippen LogP contribution in [0.4, 0.5) is 0 Å². The molecule has 0 saturated carbocycles. The molecule has 148 valence electrons. The van der Waals surface area contributed by atoms with Gasteiger partial charge in [-0.3, -0.25) is 14.7 Å². The van der Waals surface area contributed by atoms with Crippen LogP contribution in [0.3, 0.4) is 0 Å². The summed E-state index contributed by atoms with van der Waals surface area (Å²) in [6.45, 7) is 3.56. The molecule has 4 rings (SSSR count). The summed E-state index contributed by atoms with van der Waals surface area (Å²) >= 11 is 0. The van der Waals surface area contributed by atoms with Gasteiger partial charge in [0.25, 0.3) is 0 Å². The van der Waals surface area contributed by atoms with Crippen molar-refractivity contribution >= 4 is 5.97 Å². The van der Waals surface area contributed by atoms with E-state index in [1.54, 1.807) is 0 Å². The van der Waals surface area contributed by atoms with Crippen LogP contribution in [0.15, 0.2) is 72.9 Å². The van der Waals surface area contributed by atoms with Crippen molar-refractivity contribution in [3.05, 3.63) is 89.7 Å². The van der Waals surface area contributed by atoms with E-state index >= 15 is 0 Å². The summed E-state index contributed by atoms with van der Waals surface area (Å²) in [4.78, 5) is 18.4. The van der Waals surface area contributed by atoms with Gasteiger partial charge in [0.1, 0.15) is 0 Å². The van der Waals surface area contributed by atoms with Gasteiger partial charge >= 0.3 is 5.97 Å². The van der Waals surface area contributed by atoms with Crippen molar-refractivity contribution < 1.29 is 9.90 Å². The first kappa shape index (κ1) is 19.3. The molecule has 2 heterocycles. The van der Waals surface area contributed by atoms with Crippen molar-refractivity contribution in [2.24, 2.45) is 5.92 Å². The highest BCUT2D eigenvalue weighted by Crippen LogP contribution is 2.33. The number of aryl methyl sites for hydroxylation is 1. The number of carboxylic acid groups (broad SMARTS) is 1. The van der Waals surface area contributed by atoms with Crippen LogP contribution in [0.5, 0.6) is 0 Å². The van der Waals surface area contributed by atoms with E-state index in [0.29, 0.717) is 12.8 Å². The van der Waals surface area contributed by atoms with Gasteiger partial charge in [0, 0.05) is 6.20 Å². The maximum Gasteiger partial charge on any atom is 0.306 e. The number of carbonyl (C=O) groups is 1. The average molecular weight is 386 g/mol. The minimum Gasteiger partial charge on any atom is -0.481 e. The molecule has 2 aromatic carbocycles. The van der Waals surface area contributed by atoms with E-state index in [0.717, 1.165) is 24.3 Å². The summed E-state index contributed by atoms with van der Waals surface area (Å²) < 4.78 is 0. The highest BCUT2D eigenvalue weighted by atomic mass is 16.4. The normalized spacial score (nSPS) is 16.4. The summed E-state index contributed by atoms with van der Waals surface area (Å²) in [7, 11) is 0. The second kappa shape index (κ2) is 8.58. The number of aromatic nitrogens is 1. The second-order valence-corrected chi connectivity index (χ2v) is 7.80. The first-order valence-corrected chi connectivity index (χ1v) is 10.2. The number of likely N-dealkylation sites (tertiary alicyclic amines) is 1. The van der Waals surface area contributed by atoms with E-state index in [9.17, 15) is 9.90 Å². The van der Waals surface area contributed by atoms with Crippen molar-refractivity contribution in [3.8, 4) is 11.1 Å². The molecule has 1 unspecified atom stereocenters. The summed E-state index contributed by atoms with van der Waals surface area (Å²) in [6.07, 6.45) is 3.27. The van der Waals surface area contributed by atoms with Crippen molar-refractivity contribution in [1.82, 2.24) is 9.88 Å². The predicted octanol–water partition coefficient (Wildman–Crippen LogP) is 4.94. The van der Waals surface area contributed by atoms with Crippen molar-refractivity contribution in [1.29, 1.82) is 0 Å². The molecule has 1 atom stereocenters. The molecule has 1 fully saturated rings. The number of rotatable bonds is 5. The SMILES string of the molecule is Cc1ccc(C(c2ccc(-c3ccccc3)cc2)N2CCC(C(=O)O)CC2)nc1. The van der Waals surface area contributed by atoms with Crippen LogP contribution in [-0.2, 0) is 4.79 Å². The van der Waals surface area contributed by atoms with Gasteiger partial charge in [0.05, 0.1) is 17.7 Å². The first-order chi connectivity index (χ1) is 14.1. The van der Waals surface area contributed by atoms with E-state index in [2.05, 4.69) is 65.6 Å². The predicted molar refractivity (Wildman–Crippen MR) is 115 cm³/mol. The van der Waals surface area contributed by atoms with Crippen LogP contribution in [0.1, 0.15) is 35.7 Å². The minimum atomic E-state index is -0.679. The molecule has 1 N–H and O–H groups in total. The van der Waals surface area contributed by atoms with Gasteiger partial charge in [-0.15, -0.1) is 0 Å². The van der Waals surface area contributed by atoms with E-state index in [4.69, 9.17) is 4.98 Å². The Morgan fingerprint density at radius 1 is 0.966 bits per heavy atom. The summed E-state index contributed by atoms with van der Waals surface area (Å²) in [6, 6.07) is 23.3.